The Morgan fingerprint density at radius 2 is 2.13 bits per heavy atom. The maximum Gasteiger partial charge on any atom is 0.307 e. The topological polar surface area (TPSA) is 37.3 Å². The molecule has 0 aliphatic rings. The van der Waals surface area contributed by atoms with Crippen LogP contribution in [0.4, 0.5) is 4.39 Å². The number of halogens is 2. The first-order valence-corrected chi connectivity index (χ1v) is 5.29. The van der Waals surface area contributed by atoms with Gasteiger partial charge in [0, 0.05) is 10.0 Å². The number of alkyl halides is 1. The smallest absolute Gasteiger partial charge is 0.307 e. The molecule has 2 nitrogen and oxygen atoms in total. The van der Waals surface area contributed by atoms with Crippen molar-refractivity contribution in [1.82, 2.24) is 0 Å². The zero-order valence-corrected chi connectivity index (χ0v) is 10.1. The Bertz CT molecular complexity index is 383. The average molecular weight is 275 g/mol. The first-order valence-electron chi connectivity index (χ1n) is 4.50. The van der Waals surface area contributed by atoms with E-state index in [4.69, 9.17) is 5.11 Å². The minimum absolute atomic E-state index is 0.0500. The Labute approximate surface area is 96.2 Å². The van der Waals surface area contributed by atoms with E-state index in [9.17, 15) is 9.18 Å². The lowest BCUT2D eigenvalue weighted by molar-refractivity contribution is -0.136. The molecule has 0 heterocycles. The summed E-state index contributed by atoms with van der Waals surface area (Å²) in [6, 6.07) is 4.89. The van der Waals surface area contributed by atoms with Gasteiger partial charge in [-0.25, -0.2) is 4.39 Å². The minimum atomic E-state index is -1.43. The van der Waals surface area contributed by atoms with Crippen molar-refractivity contribution in [3.8, 4) is 0 Å². The molecule has 1 aromatic carbocycles. The van der Waals surface area contributed by atoms with Gasteiger partial charge in [0.25, 0.3) is 0 Å². The monoisotopic (exact) mass is 274 g/mol. The van der Waals surface area contributed by atoms with Gasteiger partial charge in [-0.15, -0.1) is 0 Å². The van der Waals surface area contributed by atoms with Gasteiger partial charge in [-0.1, -0.05) is 28.1 Å². The molecule has 0 unspecified atom stereocenters. The third-order valence-corrected chi connectivity index (χ3v) is 2.69. The minimum Gasteiger partial charge on any atom is -0.481 e. The van der Waals surface area contributed by atoms with Gasteiger partial charge >= 0.3 is 5.97 Å². The largest absolute Gasteiger partial charge is 0.481 e. The van der Waals surface area contributed by atoms with Crippen LogP contribution in [0.3, 0.4) is 0 Å². The molecule has 0 aromatic heterocycles. The Morgan fingerprint density at radius 3 is 2.53 bits per heavy atom. The van der Waals surface area contributed by atoms with Crippen molar-refractivity contribution in [3.05, 3.63) is 33.8 Å². The van der Waals surface area contributed by atoms with Crippen LogP contribution in [0.1, 0.15) is 25.0 Å². The fourth-order valence-corrected chi connectivity index (χ4v) is 2.22. The third kappa shape index (κ3) is 3.30. The van der Waals surface area contributed by atoms with E-state index >= 15 is 0 Å². The SMILES string of the molecule is CC(C)(F)c1ccc(CC(=O)O)cc1Br. The molecule has 1 aromatic rings. The molecule has 0 saturated heterocycles. The van der Waals surface area contributed by atoms with Crippen molar-refractivity contribution >= 4 is 21.9 Å². The molecule has 1 N–H and O–H groups in total. The zero-order chi connectivity index (χ0) is 11.6. The third-order valence-electron chi connectivity index (χ3n) is 2.03. The number of carboxylic acids is 1. The van der Waals surface area contributed by atoms with E-state index in [2.05, 4.69) is 15.9 Å². The predicted octanol–water partition coefficient (Wildman–Crippen LogP) is 3.28. The first-order chi connectivity index (χ1) is 6.80. The van der Waals surface area contributed by atoms with Crippen molar-refractivity contribution in [3.63, 3.8) is 0 Å². The van der Waals surface area contributed by atoms with E-state index in [1.807, 2.05) is 0 Å². The van der Waals surface area contributed by atoms with Gasteiger partial charge in [-0.2, -0.15) is 0 Å². The molecular weight excluding hydrogens is 263 g/mol. The van der Waals surface area contributed by atoms with Crippen LogP contribution in [0.15, 0.2) is 22.7 Å². The van der Waals surface area contributed by atoms with E-state index in [1.54, 1.807) is 18.2 Å². The quantitative estimate of drug-likeness (QED) is 0.919. The number of aliphatic carboxylic acids is 1. The van der Waals surface area contributed by atoms with E-state index in [1.165, 1.54) is 13.8 Å². The molecule has 0 aliphatic heterocycles. The van der Waals surface area contributed by atoms with Gasteiger partial charge in [0.2, 0.25) is 0 Å². The number of hydrogen-bond acceptors (Lipinski definition) is 1. The van der Waals surface area contributed by atoms with Gasteiger partial charge in [-0.3, -0.25) is 4.79 Å². The van der Waals surface area contributed by atoms with Gasteiger partial charge < -0.3 is 5.11 Å². The molecule has 82 valence electrons. The van der Waals surface area contributed by atoms with Crippen LogP contribution >= 0.6 is 15.9 Å². The standard InChI is InChI=1S/C11H12BrFO2/c1-11(2,13)8-4-3-7(5-9(8)12)6-10(14)15/h3-5H,6H2,1-2H3,(H,14,15). The summed E-state index contributed by atoms with van der Waals surface area (Å²) < 4.78 is 14.2. The summed E-state index contributed by atoms with van der Waals surface area (Å²) in [5, 5.41) is 8.60. The number of hydrogen-bond donors (Lipinski definition) is 1. The molecule has 0 radical (unpaired) electrons. The van der Waals surface area contributed by atoms with E-state index in [0.717, 1.165) is 0 Å². The number of carboxylic acid groups (broad SMARTS) is 1. The summed E-state index contributed by atoms with van der Waals surface area (Å²) in [6.07, 6.45) is -0.0500. The molecule has 4 heteroatoms. The Kier molecular flexibility index (Phi) is 3.50. The second kappa shape index (κ2) is 4.31. The molecule has 1 rings (SSSR count). The fraction of sp³-hybridized carbons (Fsp3) is 0.364. The second-order valence-corrected chi connectivity index (χ2v) is 4.71. The van der Waals surface area contributed by atoms with E-state index in [-0.39, 0.29) is 6.42 Å². The van der Waals surface area contributed by atoms with Crippen molar-refractivity contribution < 1.29 is 14.3 Å². The summed E-state index contributed by atoms with van der Waals surface area (Å²) >= 11 is 3.24. The normalized spacial score (nSPS) is 11.5. The fourth-order valence-electron chi connectivity index (χ4n) is 1.33. The predicted molar refractivity (Wildman–Crippen MR) is 59.6 cm³/mol. The molecule has 0 amide bonds. The highest BCUT2D eigenvalue weighted by atomic mass is 79.9. The van der Waals surface area contributed by atoms with E-state index < -0.39 is 11.6 Å². The lowest BCUT2D eigenvalue weighted by Crippen LogP contribution is -2.10. The van der Waals surface area contributed by atoms with Crippen LogP contribution < -0.4 is 0 Å². The summed E-state index contributed by atoms with van der Waals surface area (Å²) in [7, 11) is 0. The van der Waals surface area contributed by atoms with Gasteiger partial charge in [0.15, 0.2) is 0 Å². The van der Waals surface area contributed by atoms with Crippen molar-refractivity contribution in [2.45, 2.75) is 25.9 Å². The molecular formula is C11H12BrFO2. The number of rotatable bonds is 3. The Hall–Kier alpha value is -0.900. The summed E-state index contributed by atoms with van der Waals surface area (Å²) in [5.41, 5.74) is -0.250. The Balaban J connectivity index is 3.04. The summed E-state index contributed by atoms with van der Waals surface area (Å²) in [6.45, 7) is 2.92. The van der Waals surface area contributed by atoms with Crippen LogP contribution in [-0.4, -0.2) is 11.1 Å². The number of benzene rings is 1. The van der Waals surface area contributed by atoms with Crippen LogP contribution in [0.5, 0.6) is 0 Å². The zero-order valence-electron chi connectivity index (χ0n) is 8.55. The van der Waals surface area contributed by atoms with Crippen LogP contribution in [-0.2, 0) is 16.9 Å². The van der Waals surface area contributed by atoms with Crippen LogP contribution in [0.25, 0.3) is 0 Å². The van der Waals surface area contributed by atoms with Gasteiger partial charge in [-0.05, 0) is 25.5 Å². The van der Waals surface area contributed by atoms with Gasteiger partial charge in [0.1, 0.15) is 5.67 Å². The maximum atomic E-state index is 13.6. The molecule has 0 aliphatic carbocycles. The second-order valence-electron chi connectivity index (χ2n) is 3.86. The highest BCUT2D eigenvalue weighted by Crippen LogP contribution is 2.31. The highest BCUT2D eigenvalue weighted by Gasteiger charge is 2.21. The molecule has 0 atom stereocenters. The molecule has 0 fully saturated rings. The van der Waals surface area contributed by atoms with E-state index in [0.29, 0.717) is 15.6 Å². The molecule has 0 bridgehead atoms. The lowest BCUT2D eigenvalue weighted by atomic mass is 9.98. The van der Waals surface area contributed by atoms with Crippen molar-refractivity contribution in [2.75, 3.05) is 0 Å². The maximum absolute atomic E-state index is 13.6. The summed E-state index contributed by atoms with van der Waals surface area (Å²) in [4.78, 5) is 10.5. The van der Waals surface area contributed by atoms with Crippen LogP contribution in [0, 0.1) is 0 Å². The van der Waals surface area contributed by atoms with Crippen molar-refractivity contribution in [2.24, 2.45) is 0 Å². The van der Waals surface area contributed by atoms with Crippen molar-refractivity contribution in [1.29, 1.82) is 0 Å². The van der Waals surface area contributed by atoms with Gasteiger partial charge in [0.05, 0.1) is 6.42 Å². The molecule has 15 heavy (non-hydrogen) atoms. The molecule has 0 saturated carbocycles. The van der Waals surface area contributed by atoms with Crippen LogP contribution in [0.2, 0.25) is 0 Å². The average Bonchev–Trinajstić information content (AvgIpc) is 1.99. The lowest BCUT2D eigenvalue weighted by Gasteiger charge is -2.17. The highest BCUT2D eigenvalue weighted by molar-refractivity contribution is 9.10. The number of carbonyl (C=O) groups is 1. The molecule has 0 spiro atoms. The summed E-state index contributed by atoms with van der Waals surface area (Å²) in [5.74, 6) is -0.894. The first kappa shape index (κ1) is 12.2. The Morgan fingerprint density at radius 1 is 1.53 bits per heavy atom.